The van der Waals surface area contributed by atoms with Gasteiger partial charge in [0, 0.05) is 24.0 Å². The molecular formula is C15H18ClN2O3S. The molecule has 7 heteroatoms. The number of rotatable bonds is 6. The first-order chi connectivity index (χ1) is 10.4. The van der Waals surface area contributed by atoms with Crippen LogP contribution >= 0.6 is 11.6 Å². The van der Waals surface area contributed by atoms with Gasteiger partial charge in [0.15, 0.2) is 0 Å². The van der Waals surface area contributed by atoms with Crippen LogP contribution in [0.1, 0.15) is 26.7 Å². The standard InChI is InChI=1S/C15H18ClN2O3S/c1-3-7-18(8-4-2)22(20,21)14-9-11-5-6-15(19)17-13(11)10-12(14)16/h5,9-10H,3-4,7-8H2,1-2H3,(H,17,19). The summed E-state index contributed by atoms with van der Waals surface area (Å²) in [6, 6.07) is 6.91. The van der Waals surface area contributed by atoms with Gasteiger partial charge in [-0.3, -0.25) is 4.79 Å². The second-order valence-corrected chi connectivity index (χ2v) is 7.33. The lowest BCUT2D eigenvalue weighted by Crippen LogP contribution is -2.32. The van der Waals surface area contributed by atoms with E-state index < -0.39 is 10.0 Å². The van der Waals surface area contributed by atoms with Crippen LogP contribution in [0, 0.1) is 6.07 Å². The Morgan fingerprint density at radius 1 is 1.23 bits per heavy atom. The van der Waals surface area contributed by atoms with Crippen LogP contribution in [0.25, 0.3) is 10.9 Å². The number of sulfonamides is 1. The Kier molecular flexibility index (Phi) is 5.26. The van der Waals surface area contributed by atoms with Crippen LogP contribution in [0.15, 0.2) is 27.9 Å². The number of hydrogen-bond donors (Lipinski definition) is 1. The highest BCUT2D eigenvalue weighted by Gasteiger charge is 2.26. The van der Waals surface area contributed by atoms with E-state index in [0.717, 1.165) is 12.8 Å². The van der Waals surface area contributed by atoms with Crippen LogP contribution in [0.3, 0.4) is 0 Å². The number of aromatic nitrogens is 1. The second kappa shape index (κ2) is 6.81. The van der Waals surface area contributed by atoms with E-state index in [1.165, 1.54) is 22.5 Å². The van der Waals surface area contributed by atoms with Crippen LogP contribution in [-0.2, 0) is 10.0 Å². The lowest BCUT2D eigenvalue weighted by Gasteiger charge is -2.21. The number of fused-ring (bicyclic) bond motifs is 1. The first-order valence-electron chi connectivity index (χ1n) is 7.14. The molecule has 1 aromatic carbocycles. The highest BCUT2D eigenvalue weighted by molar-refractivity contribution is 7.89. The van der Waals surface area contributed by atoms with Gasteiger partial charge in [-0.15, -0.1) is 0 Å². The van der Waals surface area contributed by atoms with Crippen LogP contribution in [0.2, 0.25) is 5.02 Å². The van der Waals surface area contributed by atoms with Gasteiger partial charge in [-0.05, 0) is 31.0 Å². The molecule has 0 fully saturated rings. The molecule has 5 nitrogen and oxygen atoms in total. The first-order valence-corrected chi connectivity index (χ1v) is 8.96. The summed E-state index contributed by atoms with van der Waals surface area (Å²) in [5, 5.41) is 0.682. The smallest absolute Gasteiger partial charge is 0.256 e. The van der Waals surface area contributed by atoms with Crippen LogP contribution < -0.4 is 5.56 Å². The van der Waals surface area contributed by atoms with Gasteiger partial charge in [0.25, 0.3) is 5.56 Å². The fraction of sp³-hybridized carbons (Fsp3) is 0.400. The summed E-state index contributed by atoms with van der Waals surface area (Å²) in [6.45, 7) is 4.75. The van der Waals surface area contributed by atoms with Gasteiger partial charge >= 0.3 is 0 Å². The maximum absolute atomic E-state index is 12.8. The number of halogens is 1. The number of hydrogen-bond acceptors (Lipinski definition) is 3. The SMILES string of the molecule is CCCN(CCC)S(=O)(=O)c1cc2c[c]c(=O)[nH]c2cc1Cl. The summed E-state index contributed by atoms with van der Waals surface area (Å²) in [5.74, 6) is 0. The topological polar surface area (TPSA) is 70.2 Å². The van der Waals surface area contributed by atoms with Crippen molar-refractivity contribution in [3.63, 3.8) is 0 Å². The summed E-state index contributed by atoms with van der Waals surface area (Å²) in [4.78, 5) is 13.9. The molecule has 1 heterocycles. The third-order valence-electron chi connectivity index (χ3n) is 3.27. The maximum atomic E-state index is 12.8. The maximum Gasteiger partial charge on any atom is 0.256 e. The first kappa shape index (κ1) is 17.0. The van der Waals surface area contributed by atoms with E-state index in [0.29, 0.717) is 24.0 Å². The Hall–Kier alpha value is -1.37. The van der Waals surface area contributed by atoms with Gasteiger partial charge in [0.05, 0.1) is 11.1 Å². The zero-order valence-corrected chi connectivity index (χ0v) is 14.1. The molecule has 0 saturated heterocycles. The minimum absolute atomic E-state index is 0.0593. The predicted molar refractivity (Wildman–Crippen MR) is 87.8 cm³/mol. The number of aromatic amines is 1. The molecule has 0 aliphatic rings. The van der Waals surface area contributed by atoms with Gasteiger partial charge in [-0.25, -0.2) is 8.42 Å². The van der Waals surface area contributed by atoms with Crippen molar-refractivity contribution in [2.45, 2.75) is 31.6 Å². The number of nitrogens with one attached hydrogen (secondary N) is 1. The minimum Gasteiger partial charge on any atom is -0.321 e. The average Bonchev–Trinajstić information content (AvgIpc) is 2.46. The summed E-state index contributed by atoms with van der Waals surface area (Å²) in [7, 11) is -3.66. The van der Waals surface area contributed by atoms with E-state index in [2.05, 4.69) is 11.1 Å². The molecule has 0 unspecified atom stereocenters. The monoisotopic (exact) mass is 341 g/mol. The second-order valence-electron chi connectivity index (χ2n) is 5.02. The molecule has 1 radical (unpaired) electrons. The fourth-order valence-electron chi connectivity index (χ4n) is 2.29. The molecule has 0 bridgehead atoms. The van der Waals surface area contributed by atoms with Crippen LogP contribution in [0.4, 0.5) is 0 Å². The van der Waals surface area contributed by atoms with Gasteiger partial charge in [0.2, 0.25) is 10.0 Å². The van der Waals surface area contributed by atoms with Crippen LogP contribution in [-0.4, -0.2) is 30.8 Å². The highest BCUT2D eigenvalue weighted by atomic mass is 35.5. The zero-order valence-electron chi connectivity index (χ0n) is 12.5. The summed E-state index contributed by atoms with van der Waals surface area (Å²) in [5.41, 5.74) is 0.114. The van der Waals surface area contributed by atoms with Crippen molar-refractivity contribution in [2.75, 3.05) is 13.1 Å². The Morgan fingerprint density at radius 3 is 2.45 bits per heavy atom. The number of nitrogens with zero attached hydrogens (tertiary/aromatic N) is 1. The molecule has 2 aromatic rings. The minimum atomic E-state index is -3.66. The average molecular weight is 342 g/mol. The summed E-state index contributed by atoms with van der Waals surface area (Å²) >= 11 is 6.15. The van der Waals surface area contributed by atoms with Gasteiger partial charge in [0.1, 0.15) is 4.90 Å². The Labute approximate surface area is 135 Å². The van der Waals surface area contributed by atoms with E-state index in [1.54, 1.807) is 0 Å². The summed E-state index contributed by atoms with van der Waals surface area (Å²) in [6.07, 6.45) is 1.46. The van der Waals surface area contributed by atoms with E-state index in [1.807, 2.05) is 13.8 Å². The van der Waals surface area contributed by atoms with E-state index >= 15 is 0 Å². The third-order valence-corrected chi connectivity index (χ3v) is 5.64. The molecule has 119 valence electrons. The van der Waals surface area contributed by atoms with Crippen molar-refractivity contribution < 1.29 is 8.42 Å². The van der Waals surface area contributed by atoms with Crippen molar-refractivity contribution >= 4 is 32.5 Å². The molecule has 0 aliphatic heterocycles. The van der Waals surface area contributed by atoms with Crippen molar-refractivity contribution in [2.24, 2.45) is 0 Å². The predicted octanol–water partition coefficient (Wildman–Crippen LogP) is 2.79. The Balaban J connectivity index is 2.59. The van der Waals surface area contributed by atoms with Crippen molar-refractivity contribution in [3.05, 3.63) is 39.6 Å². The molecule has 0 aliphatic carbocycles. The molecule has 1 aromatic heterocycles. The van der Waals surface area contributed by atoms with Crippen molar-refractivity contribution in [3.8, 4) is 0 Å². The fourth-order valence-corrected chi connectivity index (χ4v) is 4.45. The van der Waals surface area contributed by atoms with Gasteiger partial charge < -0.3 is 4.98 Å². The lowest BCUT2D eigenvalue weighted by atomic mass is 10.2. The molecule has 0 saturated carbocycles. The quantitative estimate of drug-likeness (QED) is 0.878. The Morgan fingerprint density at radius 2 is 1.86 bits per heavy atom. The molecule has 0 amide bonds. The van der Waals surface area contributed by atoms with Gasteiger partial charge in [-0.2, -0.15) is 4.31 Å². The molecule has 2 rings (SSSR count). The largest absolute Gasteiger partial charge is 0.321 e. The number of H-pyrrole nitrogens is 1. The highest BCUT2D eigenvalue weighted by Crippen LogP contribution is 2.28. The van der Waals surface area contributed by atoms with E-state index in [9.17, 15) is 13.2 Å². The molecular weight excluding hydrogens is 324 g/mol. The Bertz CT molecular complexity index is 824. The zero-order chi connectivity index (χ0) is 16.3. The molecule has 22 heavy (non-hydrogen) atoms. The van der Waals surface area contributed by atoms with Gasteiger partial charge in [-0.1, -0.05) is 25.4 Å². The lowest BCUT2D eigenvalue weighted by molar-refractivity contribution is 0.410. The van der Waals surface area contributed by atoms with E-state index in [4.69, 9.17) is 11.6 Å². The molecule has 0 atom stereocenters. The van der Waals surface area contributed by atoms with Crippen molar-refractivity contribution in [1.82, 2.24) is 9.29 Å². The number of pyridine rings is 1. The summed E-state index contributed by atoms with van der Waals surface area (Å²) < 4.78 is 27.0. The molecule has 0 spiro atoms. The van der Waals surface area contributed by atoms with Crippen molar-refractivity contribution in [1.29, 1.82) is 0 Å². The normalized spacial score (nSPS) is 12.2. The molecule has 1 N–H and O–H groups in total. The van der Waals surface area contributed by atoms with Crippen LogP contribution in [0.5, 0.6) is 0 Å². The third kappa shape index (κ3) is 3.34. The van der Waals surface area contributed by atoms with E-state index in [-0.39, 0.29) is 15.5 Å². The number of benzene rings is 1.